The highest BCUT2D eigenvalue weighted by molar-refractivity contribution is 5.81. The van der Waals surface area contributed by atoms with Gasteiger partial charge in [-0.25, -0.2) is 10.9 Å². The molecular formula is C11H22N6O4. The van der Waals surface area contributed by atoms with Crippen molar-refractivity contribution < 1.29 is 19.5 Å². The monoisotopic (exact) mass is 302 g/mol. The summed E-state index contributed by atoms with van der Waals surface area (Å²) < 4.78 is 0. The molecule has 1 unspecified atom stereocenters. The Hall–Kier alpha value is -2.20. The van der Waals surface area contributed by atoms with Crippen LogP contribution >= 0.6 is 0 Å². The van der Waals surface area contributed by atoms with Gasteiger partial charge in [-0.3, -0.25) is 14.6 Å². The summed E-state index contributed by atoms with van der Waals surface area (Å²) in [6.07, 6.45) is 1.58. The Morgan fingerprint density at radius 1 is 1.38 bits per heavy atom. The van der Waals surface area contributed by atoms with Gasteiger partial charge in [0.05, 0.1) is 12.6 Å². The van der Waals surface area contributed by atoms with E-state index in [0.717, 1.165) is 0 Å². The number of carboxylic acid groups (broad SMARTS) is 1. The molecule has 0 radical (unpaired) electrons. The van der Waals surface area contributed by atoms with E-state index in [0.29, 0.717) is 25.7 Å². The molecule has 10 heteroatoms. The van der Waals surface area contributed by atoms with Crippen molar-refractivity contribution in [3.63, 3.8) is 0 Å². The first-order valence-corrected chi connectivity index (χ1v) is 6.38. The number of hydrogen-bond donors (Lipinski definition) is 6. The van der Waals surface area contributed by atoms with E-state index in [4.69, 9.17) is 16.6 Å². The number of amides is 1. The molecule has 0 spiro atoms. The van der Waals surface area contributed by atoms with Crippen LogP contribution in [0, 0.1) is 0 Å². The predicted octanol–water partition coefficient (Wildman–Crippen LogP) is -2.71. The average molecular weight is 302 g/mol. The topological polar surface area (TPSA) is 172 Å². The largest absolute Gasteiger partial charge is 0.480 e. The molecule has 0 fully saturated rings. The molecule has 0 heterocycles. The second kappa shape index (κ2) is 10.6. The second-order valence-electron chi connectivity index (χ2n) is 4.32. The van der Waals surface area contributed by atoms with Gasteiger partial charge < -0.3 is 26.7 Å². The van der Waals surface area contributed by atoms with Crippen LogP contribution in [-0.4, -0.2) is 54.4 Å². The first-order chi connectivity index (χ1) is 9.86. The van der Waals surface area contributed by atoms with Gasteiger partial charge in [0.1, 0.15) is 12.3 Å². The molecule has 0 aliphatic heterocycles. The average Bonchev–Trinajstić information content (AvgIpc) is 2.41. The highest BCUT2D eigenvalue weighted by atomic mass is 16.4. The molecule has 0 aromatic carbocycles. The first kappa shape index (κ1) is 18.8. The Morgan fingerprint density at radius 2 is 2.05 bits per heavy atom. The van der Waals surface area contributed by atoms with Gasteiger partial charge in [-0.2, -0.15) is 0 Å². The minimum Gasteiger partial charge on any atom is -0.480 e. The number of carbonyl (C=O) groups excluding carboxylic acids is 2. The van der Waals surface area contributed by atoms with E-state index in [1.54, 1.807) is 0 Å². The van der Waals surface area contributed by atoms with Gasteiger partial charge in [0.2, 0.25) is 5.91 Å². The molecule has 0 aromatic rings. The number of nitrogens with zero attached hydrogens (tertiary/aromatic N) is 1. The molecule has 10 nitrogen and oxygen atoms in total. The number of nitrogens with two attached hydrogens (primary N) is 2. The highest BCUT2D eigenvalue weighted by Crippen LogP contribution is 1.95. The molecular weight excluding hydrogens is 280 g/mol. The van der Waals surface area contributed by atoms with Crippen molar-refractivity contribution in [3.8, 4) is 0 Å². The third-order valence-electron chi connectivity index (χ3n) is 2.42. The van der Waals surface area contributed by atoms with E-state index in [1.807, 2.05) is 0 Å². The molecule has 0 rings (SSSR count). The lowest BCUT2D eigenvalue weighted by molar-refractivity contribution is -0.139. The standard InChI is InChI=1S/C11H22N6O4/c1-7(10(20)21)17-15-5-9(19)16-8(6-18)3-2-4-14-11(12)13/h6-8,15,17H,2-5H2,1H3,(H,16,19)(H,20,21)(H4,12,13,14)/t7?,8-/m0/s1. The van der Waals surface area contributed by atoms with Gasteiger partial charge in [-0.15, -0.1) is 0 Å². The number of carboxylic acids is 1. The third-order valence-corrected chi connectivity index (χ3v) is 2.42. The number of guanidine groups is 1. The van der Waals surface area contributed by atoms with Gasteiger partial charge in [0.25, 0.3) is 0 Å². The molecule has 0 aliphatic carbocycles. The fourth-order valence-corrected chi connectivity index (χ4v) is 1.30. The summed E-state index contributed by atoms with van der Waals surface area (Å²) in [4.78, 5) is 36.6. The third kappa shape index (κ3) is 10.3. The molecule has 2 atom stereocenters. The predicted molar refractivity (Wildman–Crippen MR) is 76.1 cm³/mol. The first-order valence-electron chi connectivity index (χ1n) is 6.38. The highest BCUT2D eigenvalue weighted by Gasteiger charge is 2.12. The van der Waals surface area contributed by atoms with Crippen molar-refractivity contribution in [1.29, 1.82) is 0 Å². The van der Waals surface area contributed by atoms with Crippen molar-refractivity contribution in [1.82, 2.24) is 16.2 Å². The molecule has 0 aromatic heterocycles. The van der Waals surface area contributed by atoms with Crippen molar-refractivity contribution in [2.45, 2.75) is 31.8 Å². The Balaban J connectivity index is 3.91. The van der Waals surface area contributed by atoms with Crippen LogP contribution in [0.2, 0.25) is 0 Å². The van der Waals surface area contributed by atoms with Gasteiger partial charge in [0.15, 0.2) is 5.96 Å². The smallest absolute Gasteiger partial charge is 0.321 e. The fourth-order valence-electron chi connectivity index (χ4n) is 1.30. The molecule has 0 bridgehead atoms. The van der Waals surface area contributed by atoms with Gasteiger partial charge in [-0.05, 0) is 19.8 Å². The van der Waals surface area contributed by atoms with Crippen LogP contribution in [0.3, 0.4) is 0 Å². The zero-order chi connectivity index (χ0) is 16.3. The molecule has 120 valence electrons. The van der Waals surface area contributed by atoms with E-state index in [9.17, 15) is 14.4 Å². The minimum absolute atomic E-state index is 0.0236. The zero-order valence-electron chi connectivity index (χ0n) is 11.8. The van der Waals surface area contributed by atoms with E-state index in [-0.39, 0.29) is 12.5 Å². The van der Waals surface area contributed by atoms with Crippen molar-refractivity contribution >= 4 is 24.1 Å². The van der Waals surface area contributed by atoms with Gasteiger partial charge in [0, 0.05) is 6.54 Å². The Labute approximate surface area is 122 Å². The minimum atomic E-state index is -1.05. The summed E-state index contributed by atoms with van der Waals surface area (Å²) in [5, 5.41) is 11.1. The SMILES string of the molecule is CC(NNCC(=O)N[C@H](C=O)CCCN=C(N)N)C(=O)O. The van der Waals surface area contributed by atoms with E-state index in [2.05, 4.69) is 21.2 Å². The molecule has 1 amide bonds. The fraction of sp³-hybridized carbons (Fsp3) is 0.636. The van der Waals surface area contributed by atoms with Crippen LogP contribution in [-0.2, 0) is 14.4 Å². The molecule has 8 N–H and O–H groups in total. The van der Waals surface area contributed by atoms with Crippen molar-refractivity contribution in [2.24, 2.45) is 16.5 Å². The number of aliphatic imine (C=N–C) groups is 1. The Morgan fingerprint density at radius 3 is 2.57 bits per heavy atom. The zero-order valence-corrected chi connectivity index (χ0v) is 11.8. The van der Waals surface area contributed by atoms with Crippen LogP contribution in [0.4, 0.5) is 0 Å². The number of hydrazine groups is 1. The number of nitrogens with one attached hydrogen (secondary N) is 3. The summed E-state index contributed by atoms with van der Waals surface area (Å²) in [6.45, 7) is 1.64. The van der Waals surface area contributed by atoms with Crippen molar-refractivity contribution in [2.75, 3.05) is 13.1 Å². The van der Waals surface area contributed by atoms with Crippen molar-refractivity contribution in [3.05, 3.63) is 0 Å². The van der Waals surface area contributed by atoms with E-state index in [1.165, 1.54) is 6.92 Å². The van der Waals surface area contributed by atoms with E-state index >= 15 is 0 Å². The van der Waals surface area contributed by atoms with Crippen LogP contribution in [0.25, 0.3) is 0 Å². The molecule has 0 saturated carbocycles. The number of rotatable bonds is 11. The lowest BCUT2D eigenvalue weighted by Gasteiger charge is -2.14. The van der Waals surface area contributed by atoms with Crippen LogP contribution in [0.5, 0.6) is 0 Å². The maximum atomic E-state index is 11.5. The maximum absolute atomic E-state index is 11.5. The van der Waals surface area contributed by atoms with E-state index < -0.39 is 24.0 Å². The Bertz CT molecular complexity index is 383. The summed E-state index contributed by atoms with van der Waals surface area (Å²) >= 11 is 0. The Kier molecular flexibility index (Phi) is 9.46. The van der Waals surface area contributed by atoms with Crippen LogP contribution in [0.15, 0.2) is 4.99 Å². The number of carbonyl (C=O) groups is 3. The quantitative estimate of drug-likeness (QED) is 0.0785. The molecule has 0 aliphatic rings. The lowest BCUT2D eigenvalue weighted by Crippen LogP contribution is -2.49. The number of aldehydes is 1. The van der Waals surface area contributed by atoms with Gasteiger partial charge >= 0.3 is 5.97 Å². The molecule has 21 heavy (non-hydrogen) atoms. The summed E-state index contributed by atoms with van der Waals surface area (Å²) in [6, 6.07) is -1.47. The number of aliphatic carboxylic acids is 1. The second-order valence-corrected chi connectivity index (χ2v) is 4.32. The maximum Gasteiger partial charge on any atom is 0.321 e. The normalized spacial score (nSPS) is 13.0. The summed E-state index contributed by atoms with van der Waals surface area (Å²) in [5.41, 5.74) is 15.2. The summed E-state index contributed by atoms with van der Waals surface area (Å²) in [7, 11) is 0. The van der Waals surface area contributed by atoms with Gasteiger partial charge in [-0.1, -0.05) is 0 Å². The van der Waals surface area contributed by atoms with Crippen LogP contribution < -0.4 is 27.6 Å². The summed E-state index contributed by atoms with van der Waals surface area (Å²) in [5.74, 6) is -1.50. The van der Waals surface area contributed by atoms with Crippen LogP contribution in [0.1, 0.15) is 19.8 Å². The lowest BCUT2D eigenvalue weighted by atomic mass is 10.2. The number of hydrogen-bond acceptors (Lipinski definition) is 6. The molecule has 0 saturated heterocycles.